The molecule has 1 atom stereocenters. The van der Waals surface area contributed by atoms with Crippen LogP contribution in [0.4, 0.5) is 8.78 Å². The third-order valence-electron chi connectivity index (χ3n) is 6.25. The maximum Gasteiger partial charge on any atom is 0.251 e. The normalized spacial score (nSPS) is 11.7. The molecule has 0 saturated heterocycles. The third kappa shape index (κ3) is 8.35. The molecular weight excluding hydrogens is 552 g/mol. The Morgan fingerprint density at radius 2 is 1.76 bits per heavy atom. The fourth-order valence-corrected chi connectivity index (χ4v) is 4.74. The number of carbonyl (C=O) groups excluding carboxylic acids is 3. The SMILES string of the molecule is NCCCCC(NC(=O)c1ccc(F)c(F)c1)C(=O)c1noc(Cc2ccc(C(=O)NCCc3cccs3)cc2)n1. The van der Waals surface area contributed by atoms with Crippen LogP contribution in [0.2, 0.25) is 0 Å². The quantitative estimate of drug-likeness (QED) is 0.151. The number of nitrogens with zero attached hydrogens (tertiary/aromatic N) is 2. The number of amides is 2. The molecule has 9 nitrogen and oxygen atoms in total. The van der Waals surface area contributed by atoms with Gasteiger partial charge in [0.15, 0.2) is 11.6 Å². The van der Waals surface area contributed by atoms with Crippen molar-refractivity contribution in [3.8, 4) is 0 Å². The zero-order valence-electron chi connectivity index (χ0n) is 22.1. The van der Waals surface area contributed by atoms with Crippen molar-refractivity contribution in [3.05, 3.63) is 105 Å². The Morgan fingerprint density at radius 1 is 0.976 bits per heavy atom. The fraction of sp³-hybridized carbons (Fsp3) is 0.276. The summed E-state index contributed by atoms with van der Waals surface area (Å²) in [7, 11) is 0. The highest BCUT2D eigenvalue weighted by Crippen LogP contribution is 2.14. The van der Waals surface area contributed by atoms with Gasteiger partial charge in [-0.1, -0.05) is 23.4 Å². The predicted molar refractivity (Wildman–Crippen MR) is 149 cm³/mol. The lowest BCUT2D eigenvalue weighted by atomic mass is 10.0. The average Bonchev–Trinajstić information content (AvgIpc) is 3.66. The lowest BCUT2D eigenvalue weighted by Crippen LogP contribution is -2.41. The van der Waals surface area contributed by atoms with E-state index in [1.165, 1.54) is 4.88 Å². The number of Topliss-reactive ketones (excluding diaryl/α,β-unsaturated/α-hetero) is 1. The first-order valence-electron chi connectivity index (χ1n) is 13.1. The van der Waals surface area contributed by atoms with E-state index >= 15 is 0 Å². The number of nitrogens with two attached hydrogens (primary N) is 1. The first-order chi connectivity index (χ1) is 19.8. The molecule has 2 heterocycles. The van der Waals surface area contributed by atoms with Crippen molar-refractivity contribution in [2.45, 2.75) is 38.1 Å². The smallest absolute Gasteiger partial charge is 0.251 e. The Balaban J connectivity index is 1.36. The minimum Gasteiger partial charge on any atom is -0.352 e. The van der Waals surface area contributed by atoms with E-state index < -0.39 is 29.4 Å². The predicted octanol–water partition coefficient (Wildman–Crippen LogP) is 4.08. The van der Waals surface area contributed by atoms with E-state index in [1.54, 1.807) is 35.6 Å². The summed E-state index contributed by atoms with van der Waals surface area (Å²) in [6.45, 7) is 0.939. The highest BCUT2D eigenvalue weighted by molar-refractivity contribution is 7.09. The summed E-state index contributed by atoms with van der Waals surface area (Å²) in [5.74, 6) is -3.80. The topological polar surface area (TPSA) is 140 Å². The molecule has 0 fully saturated rings. The number of unbranched alkanes of at least 4 members (excludes halogenated alkanes) is 1. The summed E-state index contributed by atoms with van der Waals surface area (Å²) in [6, 6.07) is 12.6. The number of halogens is 2. The maximum atomic E-state index is 13.6. The van der Waals surface area contributed by atoms with Gasteiger partial charge in [0.2, 0.25) is 17.5 Å². The zero-order valence-corrected chi connectivity index (χ0v) is 22.9. The van der Waals surface area contributed by atoms with E-state index in [2.05, 4.69) is 20.8 Å². The number of ketones is 1. The number of benzene rings is 2. The number of hydrogen-bond acceptors (Lipinski definition) is 8. The van der Waals surface area contributed by atoms with Gasteiger partial charge in [-0.3, -0.25) is 14.4 Å². The molecule has 41 heavy (non-hydrogen) atoms. The van der Waals surface area contributed by atoms with Crippen LogP contribution < -0.4 is 16.4 Å². The van der Waals surface area contributed by atoms with Gasteiger partial charge in [0.1, 0.15) is 0 Å². The molecule has 2 aromatic heterocycles. The number of rotatable bonds is 14. The van der Waals surface area contributed by atoms with Crippen LogP contribution in [0.25, 0.3) is 0 Å². The van der Waals surface area contributed by atoms with E-state index in [0.29, 0.717) is 31.5 Å². The Bertz CT molecular complexity index is 1470. The zero-order chi connectivity index (χ0) is 29.2. The molecule has 4 N–H and O–H groups in total. The van der Waals surface area contributed by atoms with E-state index in [9.17, 15) is 23.2 Å². The van der Waals surface area contributed by atoms with Crippen LogP contribution in [-0.4, -0.2) is 46.9 Å². The third-order valence-corrected chi connectivity index (χ3v) is 7.18. The molecule has 4 rings (SSSR count). The molecule has 1 unspecified atom stereocenters. The van der Waals surface area contributed by atoms with Gasteiger partial charge in [-0.05, 0) is 79.6 Å². The Hall–Kier alpha value is -4.29. The van der Waals surface area contributed by atoms with Crippen LogP contribution in [0.1, 0.15) is 66.9 Å². The summed E-state index contributed by atoms with van der Waals surface area (Å²) in [6.07, 6.45) is 2.38. The molecule has 0 radical (unpaired) electrons. The maximum absolute atomic E-state index is 13.6. The first-order valence-corrected chi connectivity index (χ1v) is 13.9. The second-order valence-corrected chi connectivity index (χ2v) is 10.3. The van der Waals surface area contributed by atoms with Gasteiger partial charge in [0, 0.05) is 22.5 Å². The number of thiophene rings is 1. The van der Waals surface area contributed by atoms with Crippen molar-refractivity contribution in [1.82, 2.24) is 20.8 Å². The molecule has 4 aromatic rings. The average molecular weight is 582 g/mol. The van der Waals surface area contributed by atoms with Crippen molar-refractivity contribution in [2.24, 2.45) is 5.73 Å². The second-order valence-electron chi connectivity index (χ2n) is 9.27. The lowest BCUT2D eigenvalue weighted by molar-refractivity contribution is 0.0843. The first kappa shape index (κ1) is 29.7. The highest BCUT2D eigenvalue weighted by atomic mass is 32.1. The Labute approximate surface area is 239 Å². The molecule has 2 aromatic carbocycles. The van der Waals surface area contributed by atoms with Gasteiger partial charge in [-0.2, -0.15) is 4.98 Å². The molecule has 0 aliphatic rings. The van der Waals surface area contributed by atoms with Crippen molar-refractivity contribution in [2.75, 3.05) is 13.1 Å². The van der Waals surface area contributed by atoms with Crippen LogP contribution in [0, 0.1) is 11.6 Å². The number of carbonyl (C=O) groups is 3. The summed E-state index contributed by atoms with van der Waals surface area (Å²) < 4.78 is 32.1. The summed E-state index contributed by atoms with van der Waals surface area (Å²) in [5, 5.41) is 11.2. The highest BCUT2D eigenvalue weighted by Gasteiger charge is 2.27. The van der Waals surface area contributed by atoms with Crippen LogP contribution in [0.5, 0.6) is 0 Å². The number of aromatic nitrogens is 2. The van der Waals surface area contributed by atoms with E-state index in [0.717, 1.165) is 30.2 Å². The Morgan fingerprint density at radius 3 is 2.46 bits per heavy atom. The minimum atomic E-state index is -1.17. The standard InChI is InChI=1S/C29H29F2N5O4S/c30-22-11-10-20(17-23(22)31)29(39)34-24(5-1-2-13-32)26(37)27-35-25(40-36-27)16-18-6-8-19(9-7-18)28(38)33-14-12-21-4-3-15-41-21/h3-4,6-11,15,17,24H,1-2,5,12-14,16,32H2,(H,33,38)(H,34,39). The van der Waals surface area contributed by atoms with Gasteiger partial charge in [-0.15, -0.1) is 11.3 Å². The number of hydrogen-bond donors (Lipinski definition) is 3. The van der Waals surface area contributed by atoms with E-state index in [4.69, 9.17) is 10.3 Å². The molecule has 0 bridgehead atoms. The molecule has 0 aliphatic heterocycles. The largest absolute Gasteiger partial charge is 0.352 e. The van der Waals surface area contributed by atoms with E-state index in [-0.39, 0.29) is 36.0 Å². The minimum absolute atomic E-state index is 0.131. The molecular formula is C29H29F2N5O4S. The van der Waals surface area contributed by atoms with Gasteiger partial charge < -0.3 is 20.9 Å². The van der Waals surface area contributed by atoms with Crippen molar-refractivity contribution < 1.29 is 27.7 Å². The molecule has 0 aliphatic carbocycles. The lowest BCUT2D eigenvalue weighted by Gasteiger charge is -2.16. The van der Waals surface area contributed by atoms with Crippen LogP contribution in [-0.2, 0) is 12.8 Å². The van der Waals surface area contributed by atoms with E-state index in [1.807, 2.05) is 17.5 Å². The molecule has 214 valence electrons. The summed E-state index contributed by atoms with van der Waals surface area (Å²) >= 11 is 1.65. The monoisotopic (exact) mass is 581 g/mol. The van der Waals surface area contributed by atoms with Crippen molar-refractivity contribution in [3.63, 3.8) is 0 Å². The van der Waals surface area contributed by atoms with Crippen molar-refractivity contribution >= 4 is 28.9 Å². The fourth-order valence-electron chi connectivity index (χ4n) is 4.03. The van der Waals surface area contributed by atoms with Gasteiger partial charge in [0.25, 0.3) is 11.8 Å². The number of nitrogens with one attached hydrogen (secondary N) is 2. The molecule has 0 saturated carbocycles. The Kier molecular flexibility index (Phi) is 10.4. The van der Waals surface area contributed by atoms with Crippen molar-refractivity contribution in [1.29, 1.82) is 0 Å². The molecule has 2 amide bonds. The van der Waals surface area contributed by atoms with Gasteiger partial charge >= 0.3 is 0 Å². The molecule has 12 heteroatoms. The van der Waals surface area contributed by atoms with Gasteiger partial charge in [0.05, 0.1) is 12.5 Å². The summed E-state index contributed by atoms with van der Waals surface area (Å²) in [5.41, 5.74) is 6.72. The van der Waals surface area contributed by atoms with Gasteiger partial charge in [-0.25, -0.2) is 8.78 Å². The van der Waals surface area contributed by atoms with Crippen LogP contribution in [0.15, 0.2) is 64.5 Å². The second kappa shape index (κ2) is 14.4. The molecule has 0 spiro atoms. The van der Waals surface area contributed by atoms with Crippen LogP contribution >= 0.6 is 11.3 Å². The van der Waals surface area contributed by atoms with Crippen LogP contribution in [0.3, 0.4) is 0 Å². The summed E-state index contributed by atoms with van der Waals surface area (Å²) in [4.78, 5) is 43.6.